The fraction of sp³-hybridized carbons (Fsp3) is 0.133. The van der Waals surface area contributed by atoms with Crippen LogP contribution >= 0.6 is 0 Å². The summed E-state index contributed by atoms with van der Waals surface area (Å²) in [6, 6.07) is 5.81. The summed E-state index contributed by atoms with van der Waals surface area (Å²) < 4.78 is 0. The first-order chi connectivity index (χ1) is 9.82. The van der Waals surface area contributed by atoms with E-state index in [1.54, 1.807) is 25.1 Å². The minimum atomic E-state index is -1.14. The van der Waals surface area contributed by atoms with Gasteiger partial charge in [0.15, 0.2) is 5.78 Å². The maximum Gasteiger partial charge on any atom is 0.339 e. The normalized spacial score (nSPS) is 13.5. The summed E-state index contributed by atoms with van der Waals surface area (Å²) in [5.41, 5.74) is 0.720. The zero-order valence-electron chi connectivity index (χ0n) is 11.2. The number of carboxylic acids is 2. The SMILES string of the molecule is CC1=CC=C(C(=O)O)C(=O)C1.O=C(O)c1ccccc1O. The topological polar surface area (TPSA) is 112 Å². The van der Waals surface area contributed by atoms with Gasteiger partial charge >= 0.3 is 11.9 Å². The van der Waals surface area contributed by atoms with Gasteiger partial charge in [-0.05, 0) is 25.1 Å². The van der Waals surface area contributed by atoms with Gasteiger partial charge in [-0.2, -0.15) is 0 Å². The van der Waals surface area contributed by atoms with Crippen LogP contribution in [0.4, 0.5) is 0 Å². The monoisotopic (exact) mass is 290 g/mol. The molecule has 0 saturated carbocycles. The number of rotatable bonds is 2. The number of phenols is 1. The molecule has 6 nitrogen and oxygen atoms in total. The van der Waals surface area contributed by atoms with Crippen molar-refractivity contribution in [3.8, 4) is 5.75 Å². The Labute approximate surface area is 120 Å². The molecule has 1 aromatic rings. The largest absolute Gasteiger partial charge is 0.507 e. The molecule has 110 valence electrons. The molecule has 6 heteroatoms. The number of carbonyl (C=O) groups is 3. The molecule has 0 atom stereocenters. The first kappa shape index (κ1) is 16.2. The molecule has 2 rings (SSSR count). The van der Waals surface area contributed by atoms with Crippen LogP contribution in [0.5, 0.6) is 5.75 Å². The number of aromatic carboxylic acids is 1. The molecule has 0 aromatic heterocycles. The maximum atomic E-state index is 11.0. The molecule has 21 heavy (non-hydrogen) atoms. The van der Waals surface area contributed by atoms with Crippen molar-refractivity contribution in [2.24, 2.45) is 0 Å². The summed E-state index contributed by atoms with van der Waals surface area (Å²) in [7, 11) is 0. The minimum Gasteiger partial charge on any atom is -0.507 e. The van der Waals surface area contributed by atoms with Crippen molar-refractivity contribution >= 4 is 17.7 Å². The average Bonchev–Trinajstić information content (AvgIpc) is 2.39. The summed E-state index contributed by atoms with van der Waals surface area (Å²) in [5.74, 6) is -2.76. The van der Waals surface area contributed by atoms with Crippen molar-refractivity contribution in [1.82, 2.24) is 0 Å². The molecule has 0 spiro atoms. The van der Waals surface area contributed by atoms with Crippen LogP contribution in [0.3, 0.4) is 0 Å². The predicted octanol–water partition coefficient (Wildman–Crippen LogP) is 2.01. The van der Waals surface area contributed by atoms with Crippen molar-refractivity contribution in [2.45, 2.75) is 13.3 Å². The van der Waals surface area contributed by atoms with E-state index in [0.717, 1.165) is 5.57 Å². The number of benzene rings is 1. The summed E-state index contributed by atoms with van der Waals surface area (Å²) in [4.78, 5) is 31.6. The Balaban J connectivity index is 0.000000211. The zero-order valence-corrected chi connectivity index (χ0v) is 11.2. The van der Waals surface area contributed by atoms with E-state index in [4.69, 9.17) is 15.3 Å². The van der Waals surface area contributed by atoms with E-state index in [1.807, 2.05) is 0 Å². The Morgan fingerprint density at radius 3 is 2.10 bits per heavy atom. The fourth-order valence-corrected chi connectivity index (χ4v) is 1.57. The van der Waals surface area contributed by atoms with Gasteiger partial charge in [0.25, 0.3) is 0 Å². The highest BCUT2D eigenvalue weighted by Gasteiger charge is 2.19. The molecule has 0 amide bonds. The van der Waals surface area contributed by atoms with Gasteiger partial charge < -0.3 is 15.3 Å². The lowest BCUT2D eigenvalue weighted by Gasteiger charge is -2.05. The molecule has 0 heterocycles. The van der Waals surface area contributed by atoms with E-state index < -0.39 is 11.9 Å². The number of aliphatic carboxylic acids is 1. The molecule has 0 radical (unpaired) electrons. The predicted molar refractivity (Wildman–Crippen MR) is 74.2 cm³/mol. The number of Topliss-reactive ketones (excluding diaryl/α,β-unsaturated/α-hetero) is 1. The number of aromatic hydroxyl groups is 1. The number of allylic oxidation sites excluding steroid dienone is 3. The van der Waals surface area contributed by atoms with Crippen LogP contribution in [0.15, 0.2) is 47.6 Å². The highest BCUT2D eigenvalue weighted by Crippen LogP contribution is 2.14. The molecule has 0 bridgehead atoms. The third kappa shape index (κ3) is 4.61. The van der Waals surface area contributed by atoms with Gasteiger partial charge in [-0.15, -0.1) is 0 Å². The van der Waals surface area contributed by atoms with Crippen molar-refractivity contribution in [3.63, 3.8) is 0 Å². The summed E-state index contributed by atoms with van der Waals surface area (Å²) >= 11 is 0. The lowest BCUT2D eigenvalue weighted by atomic mass is 9.98. The van der Waals surface area contributed by atoms with E-state index in [9.17, 15) is 14.4 Å². The van der Waals surface area contributed by atoms with Gasteiger partial charge in [-0.25, -0.2) is 9.59 Å². The number of carboxylic acid groups (broad SMARTS) is 2. The fourth-order valence-electron chi connectivity index (χ4n) is 1.57. The second-order valence-corrected chi connectivity index (χ2v) is 4.32. The molecule has 1 aromatic carbocycles. The van der Waals surface area contributed by atoms with Crippen molar-refractivity contribution < 1.29 is 29.7 Å². The van der Waals surface area contributed by atoms with Crippen LogP contribution in [-0.4, -0.2) is 33.0 Å². The van der Waals surface area contributed by atoms with E-state index in [2.05, 4.69) is 0 Å². The number of hydrogen-bond acceptors (Lipinski definition) is 4. The Bertz CT molecular complexity index is 639. The van der Waals surface area contributed by atoms with E-state index >= 15 is 0 Å². The Morgan fingerprint density at radius 2 is 1.67 bits per heavy atom. The number of hydrogen-bond donors (Lipinski definition) is 3. The number of carbonyl (C=O) groups excluding carboxylic acids is 1. The van der Waals surface area contributed by atoms with Crippen LogP contribution in [0.25, 0.3) is 0 Å². The first-order valence-electron chi connectivity index (χ1n) is 5.98. The summed E-state index contributed by atoms with van der Waals surface area (Å²) in [6.45, 7) is 1.80. The standard InChI is InChI=1S/C8H8O3.C7H6O3/c1-5-2-3-6(8(10)11)7(9)4-5;8-6-4-2-1-3-5(6)7(9)10/h2-3H,4H2,1H3,(H,10,11);1-4,8H,(H,9,10). The second kappa shape index (κ2) is 7.04. The van der Waals surface area contributed by atoms with Gasteiger partial charge in [0.1, 0.15) is 16.9 Å². The lowest BCUT2D eigenvalue weighted by Crippen LogP contribution is -2.14. The quantitative estimate of drug-likeness (QED) is 0.718. The zero-order chi connectivity index (χ0) is 16.0. The van der Waals surface area contributed by atoms with Crippen molar-refractivity contribution in [3.05, 3.63) is 53.1 Å². The minimum absolute atomic E-state index is 0.0671. The highest BCUT2D eigenvalue weighted by atomic mass is 16.4. The third-order valence-corrected chi connectivity index (χ3v) is 2.64. The van der Waals surface area contributed by atoms with Crippen LogP contribution < -0.4 is 0 Å². The van der Waals surface area contributed by atoms with E-state index in [0.29, 0.717) is 0 Å². The molecule has 1 aliphatic rings. The van der Waals surface area contributed by atoms with Crippen LogP contribution in [0, 0.1) is 0 Å². The van der Waals surface area contributed by atoms with Gasteiger partial charge in [0.05, 0.1) is 0 Å². The second-order valence-electron chi connectivity index (χ2n) is 4.32. The van der Waals surface area contributed by atoms with Gasteiger partial charge in [-0.1, -0.05) is 23.8 Å². The molecule has 1 aliphatic carbocycles. The van der Waals surface area contributed by atoms with Crippen molar-refractivity contribution in [2.75, 3.05) is 0 Å². The Hall–Kier alpha value is -2.89. The van der Waals surface area contributed by atoms with Crippen LogP contribution in [0.1, 0.15) is 23.7 Å². The Kier molecular flexibility index (Phi) is 5.42. The number of para-hydroxylation sites is 1. The molecule has 3 N–H and O–H groups in total. The smallest absolute Gasteiger partial charge is 0.339 e. The lowest BCUT2D eigenvalue weighted by molar-refractivity contribution is -0.134. The summed E-state index contributed by atoms with van der Waals surface area (Å²) in [6.07, 6.45) is 3.24. The van der Waals surface area contributed by atoms with Gasteiger partial charge in [0.2, 0.25) is 0 Å². The summed E-state index contributed by atoms with van der Waals surface area (Å²) in [5, 5.41) is 25.8. The van der Waals surface area contributed by atoms with Gasteiger partial charge in [0, 0.05) is 6.42 Å². The molecule has 0 fully saturated rings. The van der Waals surface area contributed by atoms with Gasteiger partial charge in [-0.3, -0.25) is 4.79 Å². The van der Waals surface area contributed by atoms with Crippen LogP contribution in [-0.2, 0) is 9.59 Å². The molecular formula is C15H14O6. The maximum absolute atomic E-state index is 11.0. The third-order valence-electron chi connectivity index (χ3n) is 2.64. The average molecular weight is 290 g/mol. The Morgan fingerprint density at radius 1 is 1.05 bits per heavy atom. The van der Waals surface area contributed by atoms with E-state index in [1.165, 1.54) is 18.2 Å². The molecule has 0 unspecified atom stereocenters. The first-order valence-corrected chi connectivity index (χ1v) is 5.98. The van der Waals surface area contributed by atoms with Crippen molar-refractivity contribution in [1.29, 1.82) is 0 Å². The number of ketones is 1. The highest BCUT2D eigenvalue weighted by molar-refractivity contribution is 6.18. The van der Waals surface area contributed by atoms with Crippen LogP contribution in [0.2, 0.25) is 0 Å². The van der Waals surface area contributed by atoms with E-state index in [-0.39, 0.29) is 29.1 Å². The molecule has 0 aliphatic heterocycles. The molecule has 0 saturated heterocycles. The molecular weight excluding hydrogens is 276 g/mol.